The number of H-pyrrole nitrogens is 1. The molecule has 0 aliphatic carbocycles. The third-order valence-corrected chi connectivity index (χ3v) is 6.29. The molecular formula is C27H22ClN3O3. The van der Waals surface area contributed by atoms with E-state index in [0.717, 1.165) is 22.1 Å². The maximum Gasteiger partial charge on any atom is 0.258 e. The van der Waals surface area contributed by atoms with Gasteiger partial charge in [0.15, 0.2) is 0 Å². The number of halogens is 1. The number of para-hydroxylation sites is 1. The maximum absolute atomic E-state index is 13.4. The van der Waals surface area contributed by atoms with Gasteiger partial charge in [-0.2, -0.15) is 5.10 Å². The summed E-state index contributed by atoms with van der Waals surface area (Å²) in [7, 11) is 1.60. The van der Waals surface area contributed by atoms with Crippen LogP contribution in [-0.2, 0) is 4.79 Å². The Balaban J connectivity index is 1.75. The number of carbonyl (C=O) groups excluding carboxylic acids is 1. The van der Waals surface area contributed by atoms with E-state index in [2.05, 4.69) is 10.1 Å². The molecule has 0 saturated heterocycles. The van der Waals surface area contributed by atoms with Crippen LogP contribution in [0, 0.1) is 0 Å². The van der Waals surface area contributed by atoms with Crippen LogP contribution < -0.4 is 10.3 Å². The van der Waals surface area contributed by atoms with Crippen LogP contribution in [-0.4, -0.2) is 28.7 Å². The van der Waals surface area contributed by atoms with Gasteiger partial charge in [0, 0.05) is 40.4 Å². The summed E-state index contributed by atoms with van der Waals surface area (Å²) in [6.07, 6.45) is 0.370. The summed E-state index contributed by atoms with van der Waals surface area (Å²) in [5.41, 5.74) is 3.83. The predicted octanol–water partition coefficient (Wildman–Crippen LogP) is 5.55. The lowest BCUT2D eigenvalue weighted by molar-refractivity contribution is -0.130. The molecule has 0 fully saturated rings. The number of benzene rings is 3. The molecule has 0 bridgehead atoms. The highest BCUT2D eigenvalue weighted by atomic mass is 35.5. The summed E-state index contributed by atoms with van der Waals surface area (Å²) >= 11 is 6.34. The number of nitrogens with zero attached hydrogens (tertiary/aromatic N) is 2. The average Bonchev–Trinajstić information content (AvgIpc) is 3.29. The number of rotatable bonds is 4. The number of nitrogens with one attached hydrogen (secondary N) is 1. The fourth-order valence-electron chi connectivity index (χ4n) is 4.58. The summed E-state index contributed by atoms with van der Waals surface area (Å²) < 4.78 is 5.54. The second-order valence-corrected chi connectivity index (χ2v) is 8.57. The van der Waals surface area contributed by atoms with Crippen LogP contribution in [0.3, 0.4) is 0 Å². The van der Waals surface area contributed by atoms with E-state index in [-0.39, 0.29) is 17.5 Å². The van der Waals surface area contributed by atoms with Gasteiger partial charge in [-0.05, 0) is 29.8 Å². The van der Waals surface area contributed by atoms with Crippen molar-refractivity contribution in [1.29, 1.82) is 0 Å². The molecule has 34 heavy (non-hydrogen) atoms. The summed E-state index contributed by atoms with van der Waals surface area (Å²) in [5.74, 6) is 0.449. The normalized spacial score (nSPS) is 15.4. The second kappa shape index (κ2) is 8.80. The van der Waals surface area contributed by atoms with Gasteiger partial charge in [-0.3, -0.25) is 9.59 Å². The van der Waals surface area contributed by atoms with Gasteiger partial charge in [0.1, 0.15) is 5.75 Å². The third-order valence-electron chi connectivity index (χ3n) is 6.06. The molecule has 5 rings (SSSR count). The van der Waals surface area contributed by atoms with Gasteiger partial charge in [-0.1, -0.05) is 60.1 Å². The highest BCUT2D eigenvalue weighted by Gasteiger charge is 2.35. The molecule has 1 atom stereocenters. The zero-order chi connectivity index (χ0) is 23.8. The Morgan fingerprint density at radius 3 is 2.53 bits per heavy atom. The fraction of sp³-hybridized carbons (Fsp3) is 0.148. The molecule has 0 saturated carbocycles. The largest absolute Gasteiger partial charge is 0.496 e. The van der Waals surface area contributed by atoms with Crippen molar-refractivity contribution < 1.29 is 9.53 Å². The molecule has 3 aromatic carbocycles. The zero-order valence-electron chi connectivity index (χ0n) is 18.7. The van der Waals surface area contributed by atoms with Crippen LogP contribution in [0.15, 0.2) is 82.7 Å². The summed E-state index contributed by atoms with van der Waals surface area (Å²) in [5, 5.41) is 7.47. The predicted molar refractivity (Wildman–Crippen MR) is 134 cm³/mol. The van der Waals surface area contributed by atoms with E-state index in [1.54, 1.807) is 19.2 Å². The first kappa shape index (κ1) is 21.9. The number of methoxy groups -OCH3 is 1. The Morgan fingerprint density at radius 2 is 1.79 bits per heavy atom. The zero-order valence-corrected chi connectivity index (χ0v) is 19.5. The molecular weight excluding hydrogens is 450 g/mol. The Kier molecular flexibility index (Phi) is 5.67. The number of ether oxygens (including phenoxy) is 1. The van der Waals surface area contributed by atoms with Gasteiger partial charge in [-0.15, -0.1) is 0 Å². The van der Waals surface area contributed by atoms with Crippen LogP contribution in [0.2, 0.25) is 5.02 Å². The Morgan fingerprint density at radius 1 is 1.06 bits per heavy atom. The van der Waals surface area contributed by atoms with Crippen LogP contribution >= 0.6 is 11.6 Å². The number of hydrazone groups is 1. The highest BCUT2D eigenvalue weighted by molar-refractivity contribution is 6.31. The number of hydrogen-bond acceptors (Lipinski definition) is 4. The minimum Gasteiger partial charge on any atom is -0.496 e. The van der Waals surface area contributed by atoms with E-state index in [1.807, 2.05) is 60.7 Å². The number of carbonyl (C=O) groups is 1. The number of aromatic nitrogens is 1. The standard InChI is InChI=1S/C27H22ClN3O3/c1-16(32)31-23(19-10-6-7-11-24(19)34-2)15-22(30-31)26-25(17-8-4-3-5-9-17)20-14-18(28)12-13-21(20)29-27(26)33/h3-14,23H,15H2,1-2H3,(H,29,33)/t23-/m1/s1. The smallest absolute Gasteiger partial charge is 0.258 e. The maximum atomic E-state index is 13.4. The molecule has 1 aromatic heterocycles. The van der Waals surface area contributed by atoms with Gasteiger partial charge >= 0.3 is 0 Å². The lowest BCUT2D eigenvalue weighted by Crippen LogP contribution is -2.24. The quantitative estimate of drug-likeness (QED) is 0.423. The van der Waals surface area contributed by atoms with E-state index in [4.69, 9.17) is 16.3 Å². The first-order valence-corrected chi connectivity index (χ1v) is 11.3. The monoisotopic (exact) mass is 471 g/mol. The number of amides is 1. The molecule has 1 aliphatic heterocycles. The fourth-order valence-corrected chi connectivity index (χ4v) is 4.75. The molecule has 170 valence electrons. The van der Waals surface area contributed by atoms with Crippen molar-refractivity contribution in [3.63, 3.8) is 0 Å². The Labute approximate surface area is 201 Å². The summed E-state index contributed by atoms with van der Waals surface area (Å²) in [4.78, 5) is 29.0. The van der Waals surface area contributed by atoms with Crippen molar-refractivity contribution in [1.82, 2.24) is 9.99 Å². The highest BCUT2D eigenvalue weighted by Crippen LogP contribution is 2.39. The van der Waals surface area contributed by atoms with Gasteiger partial charge in [0.05, 0.1) is 24.4 Å². The summed E-state index contributed by atoms with van der Waals surface area (Å²) in [6, 6.07) is 22.2. The van der Waals surface area contributed by atoms with Crippen molar-refractivity contribution in [3.05, 3.63) is 99.3 Å². The second-order valence-electron chi connectivity index (χ2n) is 8.13. The first-order valence-electron chi connectivity index (χ1n) is 10.9. The van der Waals surface area contributed by atoms with Crippen LogP contribution in [0.25, 0.3) is 22.0 Å². The number of aromatic amines is 1. The molecule has 2 heterocycles. The first-order chi connectivity index (χ1) is 16.5. The van der Waals surface area contributed by atoms with Crippen molar-refractivity contribution in [2.75, 3.05) is 7.11 Å². The van der Waals surface area contributed by atoms with Gasteiger partial charge in [0.25, 0.3) is 5.56 Å². The van der Waals surface area contributed by atoms with Crippen molar-refractivity contribution in [2.45, 2.75) is 19.4 Å². The van der Waals surface area contributed by atoms with E-state index in [0.29, 0.717) is 34.0 Å². The van der Waals surface area contributed by atoms with Gasteiger partial charge in [-0.25, -0.2) is 5.01 Å². The van der Waals surface area contributed by atoms with Crippen molar-refractivity contribution in [2.24, 2.45) is 5.10 Å². The molecule has 6 nitrogen and oxygen atoms in total. The molecule has 7 heteroatoms. The van der Waals surface area contributed by atoms with Gasteiger partial charge < -0.3 is 9.72 Å². The van der Waals surface area contributed by atoms with Crippen molar-refractivity contribution >= 4 is 34.1 Å². The van der Waals surface area contributed by atoms with Crippen molar-refractivity contribution in [3.8, 4) is 16.9 Å². The molecule has 0 unspecified atom stereocenters. The molecule has 1 amide bonds. The summed E-state index contributed by atoms with van der Waals surface area (Å²) in [6.45, 7) is 1.47. The lowest BCUT2D eigenvalue weighted by Gasteiger charge is -2.22. The average molecular weight is 472 g/mol. The van der Waals surface area contributed by atoms with Gasteiger partial charge in [0.2, 0.25) is 5.91 Å². The number of pyridine rings is 1. The van der Waals surface area contributed by atoms with Crippen LogP contribution in [0.4, 0.5) is 0 Å². The minimum absolute atomic E-state index is 0.215. The van der Waals surface area contributed by atoms with E-state index >= 15 is 0 Å². The molecule has 0 spiro atoms. The van der Waals surface area contributed by atoms with E-state index in [9.17, 15) is 9.59 Å². The molecule has 4 aromatic rings. The topological polar surface area (TPSA) is 74.8 Å². The number of fused-ring (bicyclic) bond motifs is 1. The minimum atomic E-state index is -0.387. The van der Waals surface area contributed by atoms with Crippen LogP contribution in [0.5, 0.6) is 5.75 Å². The Hall–Kier alpha value is -3.90. The third kappa shape index (κ3) is 3.76. The molecule has 1 N–H and O–H groups in total. The van der Waals surface area contributed by atoms with Crippen LogP contribution in [0.1, 0.15) is 30.5 Å². The lowest BCUT2D eigenvalue weighted by atomic mass is 9.91. The molecule has 1 aliphatic rings. The molecule has 0 radical (unpaired) electrons. The Bertz CT molecular complexity index is 1490. The number of hydrogen-bond donors (Lipinski definition) is 1. The van der Waals surface area contributed by atoms with E-state index < -0.39 is 0 Å². The van der Waals surface area contributed by atoms with E-state index in [1.165, 1.54) is 11.9 Å². The SMILES string of the molecule is COc1ccccc1[C@H]1CC(c2c(-c3ccccc3)c3cc(Cl)ccc3[nH]c2=O)=NN1C(C)=O.